The third-order valence-electron chi connectivity index (χ3n) is 3.94. The van der Waals surface area contributed by atoms with Gasteiger partial charge in [-0.1, -0.05) is 61.5 Å². The van der Waals surface area contributed by atoms with Crippen molar-refractivity contribution in [1.82, 2.24) is 29.2 Å². The molecule has 4 rings (SSSR count). The van der Waals surface area contributed by atoms with Gasteiger partial charge in [-0.3, -0.25) is 0 Å². The number of fused-ring (bicyclic) bond motifs is 2. The lowest BCUT2D eigenvalue weighted by atomic mass is 10.1. The summed E-state index contributed by atoms with van der Waals surface area (Å²) >= 11 is 0. The lowest BCUT2D eigenvalue weighted by Crippen LogP contribution is -1.93. The molecule has 0 atom stereocenters. The van der Waals surface area contributed by atoms with Crippen LogP contribution in [0, 0.1) is 0 Å². The number of pyridine rings is 2. The summed E-state index contributed by atoms with van der Waals surface area (Å²) in [7, 11) is 0. The van der Waals surface area contributed by atoms with Gasteiger partial charge in [-0.25, -0.2) is 19.0 Å². The maximum atomic E-state index is 4.11. The molecule has 4 heterocycles. The van der Waals surface area contributed by atoms with Gasteiger partial charge in [0.15, 0.2) is 11.3 Å². The molecule has 0 aromatic carbocycles. The molecule has 0 unspecified atom stereocenters. The van der Waals surface area contributed by atoms with Gasteiger partial charge in [0.2, 0.25) is 0 Å². The average molecular weight is 383 g/mol. The Morgan fingerprint density at radius 1 is 0.679 bits per heavy atom. The van der Waals surface area contributed by atoms with Crippen LogP contribution in [-0.4, -0.2) is 29.2 Å². The summed E-state index contributed by atoms with van der Waals surface area (Å²) in [5.41, 5.74) is 4.41. The van der Waals surface area contributed by atoms with Crippen molar-refractivity contribution in [3.63, 3.8) is 0 Å². The molecule has 0 bridgehead atoms. The summed E-state index contributed by atoms with van der Waals surface area (Å²) in [4.78, 5) is 8.18. The van der Waals surface area contributed by atoms with Crippen molar-refractivity contribution in [3.8, 4) is 0 Å². The van der Waals surface area contributed by atoms with E-state index in [1.54, 1.807) is 21.7 Å². The summed E-state index contributed by atoms with van der Waals surface area (Å²) in [6.45, 7) is 16.7. The van der Waals surface area contributed by atoms with E-state index in [1.807, 2.05) is 46.2 Å². The van der Waals surface area contributed by atoms with Crippen LogP contribution < -0.4 is 0 Å². The predicted molar refractivity (Wildman–Crippen MR) is 117 cm³/mol. The molecule has 0 spiro atoms. The van der Waals surface area contributed by atoms with E-state index in [1.165, 1.54) is 11.1 Å². The van der Waals surface area contributed by atoms with E-state index in [2.05, 4.69) is 66.1 Å². The molecule has 6 nitrogen and oxygen atoms in total. The van der Waals surface area contributed by atoms with Gasteiger partial charge in [0.25, 0.3) is 0 Å². The third-order valence-corrected chi connectivity index (χ3v) is 3.94. The van der Waals surface area contributed by atoms with Crippen molar-refractivity contribution in [2.45, 2.75) is 67.2 Å². The highest BCUT2D eigenvalue weighted by molar-refractivity contribution is 5.40. The highest BCUT2D eigenvalue weighted by Crippen LogP contribution is 2.14. The van der Waals surface area contributed by atoms with Gasteiger partial charge in [-0.2, -0.15) is 10.2 Å². The second-order valence-electron chi connectivity index (χ2n) is 6.36. The number of hydrogen-bond acceptors (Lipinski definition) is 4. The molecule has 0 aliphatic heterocycles. The molecule has 0 aliphatic carbocycles. The summed E-state index contributed by atoms with van der Waals surface area (Å²) in [6.07, 6.45) is 7.10. The normalized spacial score (nSPS) is 10.1. The van der Waals surface area contributed by atoms with Gasteiger partial charge in [0, 0.05) is 12.4 Å². The fourth-order valence-electron chi connectivity index (χ4n) is 2.36. The molecule has 28 heavy (non-hydrogen) atoms. The lowest BCUT2D eigenvalue weighted by Gasteiger charge is -2.03. The standard InChI is InChI=1S/2C9H11N3.2C2H6/c1-7(2)8-3-4-12-9(5-8)10-6-11-12;1-7(2)8-3-4-9-10-6-11-12(9)5-8;2*1-2/h2*3-7H,1-2H3;2*1-2H3. The van der Waals surface area contributed by atoms with Crippen molar-refractivity contribution in [2.24, 2.45) is 0 Å². The second kappa shape index (κ2) is 11.8. The maximum Gasteiger partial charge on any atom is 0.155 e. The number of rotatable bonds is 2. The van der Waals surface area contributed by atoms with Crippen LogP contribution in [0.2, 0.25) is 0 Å². The maximum absolute atomic E-state index is 4.11. The monoisotopic (exact) mass is 382 g/mol. The number of aromatic nitrogens is 6. The summed E-state index contributed by atoms with van der Waals surface area (Å²) in [5, 5.41) is 8.09. The van der Waals surface area contributed by atoms with Crippen molar-refractivity contribution in [3.05, 3.63) is 60.4 Å². The molecular weight excluding hydrogens is 348 g/mol. The van der Waals surface area contributed by atoms with Gasteiger partial charge in [0.1, 0.15) is 12.7 Å². The molecule has 4 aromatic heterocycles. The van der Waals surface area contributed by atoms with Crippen LogP contribution in [0.3, 0.4) is 0 Å². The van der Waals surface area contributed by atoms with Gasteiger partial charge in [0.05, 0.1) is 0 Å². The Kier molecular flexibility index (Phi) is 9.85. The van der Waals surface area contributed by atoms with E-state index in [9.17, 15) is 0 Å². The molecular formula is C22H34N6. The zero-order valence-corrected chi connectivity index (χ0v) is 18.5. The van der Waals surface area contributed by atoms with E-state index in [0.29, 0.717) is 11.8 Å². The molecule has 4 aromatic rings. The minimum absolute atomic E-state index is 0.540. The zero-order chi connectivity index (χ0) is 21.1. The molecule has 0 aliphatic rings. The predicted octanol–water partition coefficient (Wildman–Crippen LogP) is 5.76. The molecule has 6 heteroatoms. The van der Waals surface area contributed by atoms with Crippen LogP contribution in [-0.2, 0) is 0 Å². The van der Waals surface area contributed by atoms with E-state index >= 15 is 0 Å². The van der Waals surface area contributed by atoms with Gasteiger partial charge in [-0.15, -0.1) is 0 Å². The molecule has 0 saturated carbocycles. The Bertz CT molecular complexity index is 858. The van der Waals surface area contributed by atoms with Crippen molar-refractivity contribution in [2.75, 3.05) is 0 Å². The van der Waals surface area contributed by atoms with Gasteiger partial charge in [-0.05, 0) is 41.2 Å². The Hall–Kier alpha value is -2.76. The molecule has 152 valence electrons. The van der Waals surface area contributed by atoms with E-state index in [4.69, 9.17) is 0 Å². The quantitative estimate of drug-likeness (QED) is 0.442. The Morgan fingerprint density at radius 2 is 1.25 bits per heavy atom. The highest BCUT2D eigenvalue weighted by Gasteiger charge is 2.01. The van der Waals surface area contributed by atoms with Crippen molar-refractivity contribution < 1.29 is 0 Å². The number of hydrogen-bond donors (Lipinski definition) is 0. The SMILES string of the molecule is CC.CC.CC(C)c1ccc2ncnn2c1.CC(C)c1ccn2ncnc2c1. The minimum atomic E-state index is 0.540. The lowest BCUT2D eigenvalue weighted by molar-refractivity contribution is 0.835. The molecule has 0 amide bonds. The summed E-state index contributed by atoms with van der Waals surface area (Å²) in [6, 6.07) is 8.22. The molecule has 0 fully saturated rings. The first-order valence-electron chi connectivity index (χ1n) is 10.1. The minimum Gasteiger partial charge on any atom is -0.221 e. The van der Waals surface area contributed by atoms with Crippen LogP contribution in [0.5, 0.6) is 0 Å². The molecule has 0 radical (unpaired) electrons. The van der Waals surface area contributed by atoms with E-state index in [-0.39, 0.29) is 0 Å². The topological polar surface area (TPSA) is 60.4 Å². The van der Waals surface area contributed by atoms with Crippen LogP contribution in [0.1, 0.15) is 78.4 Å². The summed E-state index contributed by atoms with van der Waals surface area (Å²) in [5.74, 6) is 1.09. The fourth-order valence-corrected chi connectivity index (χ4v) is 2.36. The van der Waals surface area contributed by atoms with Gasteiger partial charge < -0.3 is 0 Å². The Morgan fingerprint density at radius 3 is 1.86 bits per heavy atom. The van der Waals surface area contributed by atoms with Crippen LogP contribution in [0.15, 0.2) is 49.3 Å². The van der Waals surface area contributed by atoms with Crippen molar-refractivity contribution >= 4 is 11.3 Å². The first-order chi connectivity index (χ1) is 13.5. The Labute approximate surface area is 168 Å². The number of nitrogens with zero attached hydrogens (tertiary/aromatic N) is 6. The highest BCUT2D eigenvalue weighted by atomic mass is 15.3. The second-order valence-corrected chi connectivity index (χ2v) is 6.36. The smallest absolute Gasteiger partial charge is 0.155 e. The largest absolute Gasteiger partial charge is 0.221 e. The third kappa shape index (κ3) is 6.15. The zero-order valence-electron chi connectivity index (χ0n) is 18.5. The summed E-state index contributed by atoms with van der Waals surface area (Å²) < 4.78 is 3.57. The van der Waals surface area contributed by atoms with Crippen LogP contribution >= 0.6 is 0 Å². The first-order valence-corrected chi connectivity index (χ1v) is 10.1. The van der Waals surface area contributed by atoms with E-state index < -0.39 is 0 Å². The van der Waals surface area contributed by atoms with E-state index in [0.717, 1.165) is 11.3 Å². The average Bonchev–Trinajstić information content (AvgIpc) is 3.39. The first kappa shape index (κ1) is 23.3. The van der Waals surface area contributed by atoms with Crippen LogP contribution in [0.4, 0.5) is 0 Å². The van der Waals surface area contributed by atoms with Gasteiger partial charge >= 0.3 is 0 Å². The Balaban J connectivity index is 0.000000238. The fraction of sp³-hybridized carbons (Fsp3) is 0.455. The molecule has 0 saturated heterocycles. The van der Waals surface area contributed by atoms with Crippen molar-refractivity contribution in [1.29, 1.82) is 0 Å². The van der Waals surface area contributed by atoms with Crippen LogP contribution in [0.25, 0.3) is 11.3 Å². The molecule has 0 N–H and O–H groups in total.